The van der Waals surface area contributed by atoms with Crippen LogP contribution in [-0.2, 0) is 0 Å². The van der Waals surface area contributed by atoms with Crippen LogP contribution in [0.25, 0.3) is 0 Å². The Morgan fingerprint density at radius 2 is 2.00 bits per heavy atom. The molecule has 0 saturated carbocycles. The Morgan fingerprint density at radius 1 is 1.24 bits per heavy atom. The molecule has 0 spiro atoms. The van der Waals surface area contributed by atoms with Crippen LogP contribution >= 0.6 is 0 Å². The van der Waals surface area contributed by atoms with E-state index in [2.05, 4.69) is 24.1 Å². The van der Waals surface area contributed by atoms with Gasteiger partial charge in [0.25, 0.3) is 0 Å². The molecule has 2 saturated heterocycles. The SMILES string of the molecule is CCCC1CCN(CC2(CC)CCNCC2)C1. The average Bonchev–Trinajstić information content (AvgIpc) is 2.78. The van der Waals surface area contributed by atoms with E-state index < -0.39 is 0 Å². The molecule has 1 unspecified atom stereocenters. The number of rotatable bonds is 5. The molecule has 0 aromatic carbocycles. The highest BCUT2D eigenvalue weighted by atomic mass is 15.2. The highest BCUT2D eigenvalue weighted by Crippen LogP contribution is 2.35. The van der Waals surface area contributed by atoms with Gasteiger partial charge in [-0.25, -0.2) is 0 Å². The van der Waals surface area contributed by atoms with E-state index in [1.54, 1.807) is 0 Å². The van der Waals surface area contributed by atoms with Gasteiger partial charge in [0.15, 0.2) is 0 Å². The van der Waals surface area contributed by atoms with Gasteiger partial charge in [-0.05, 0) is 63.1 Å². The van der Waals surface area contributed by atoms with Gasteiger partial charge >= 0.3 is 0 Å². The van der Waals surface area contributed by atoms with E-state index in [9.17, 15) is 0 Å². The second-order valence-corrected chi connectivity index (χ2v) is 6.28. The van der Waals surface area contributed by atoms with E-state index in [0.29, 0.717) is 5.41 Å². The first-order valence-electron chi connectivity index (χ1n) is 7.71. The van der Waals surface area contributed by atoms with Crippen molar-refractivity contribution in [3.8, 4) is 0 Å². The Bertz CT molecular complexity index is 221. The quantitative estimate of drug-likeness (QED) is 0.792. The molecule has 100 valence electrons. The predicted molar refractivity (Wildman–Crippen MR) is 74.3 cm³/mol. The molecule has 1 atom stereocenters. The van der Waals surface area contributed by atoms with Crippen LogP contribution in [0.2, 0.25) is 0 Å². The van der Waals surface area contributed by atoms with E-state index in [4.69, 9.17) is 0 Å². The smallest absolute Gasteiger partial charge is 0.00389 e. The van der Waals surface area contributed by atoms with Crippen molar-refractivity contribution in [1.82, 2.24) is 10.2 Å². The first-order chi connectivity index (χ1) is 8.28. The Labute approximate surface area is 107 Å². The number of nitrogens with one attached hydrogen (secondary N) is 1. The van der Waals surface area contributed by atoms with Crippen LogP contribution in [0.3, 0.4) is 0 Å². The number of nitrogens with zero attached hydrogens (tertiary/aromatic N) is 1. The third kappa shape index (κ3) is 3.45. The van der Waals surface area contributed by atoms with Crippen molar-refractivity contribution in [3.63, 3.8) is 0 Å². The molecule has 2 aliphatic rings. The summed E-state index contributed by atoms with van der Waals surface area (Å²) in [5.41, 5.74) is 0.631. The fraction of sp³-hybridized carbons (Fsp3) is 1.00. The number of piperidine rings is 1. The molecule has 17 heavy (non-hydrogen) atoms. The van der Waals surface area contributed by atoms with Gasteiger partial charge < -0.3 is 10.2 Å². The van der Waals surface area contributed by atoms with Crippen molar-refractivity contribution in [2.45, 2.75) is 52.4 Å². The van der Waals surface area contributed by atoms with Crippen molar-refractivity contribution in [2.24, 2.45) is 11.3 Å². The van der Waals surface area contributed by atoms with Crippen molar-refractivity contribution < 1.29 is 0 Å². The molecule has 2 aliphatic heterocycles. The minimum Gasteiger partial charge on any atom is -0.317 e. The van der Waals surface area contributed by atoms with Gasteiger partial charge in [0.05, 0.1) is 0 Å². The Hall–Kier alpha value is -0.0800. The van der Waals surface area contributed by atoms with E-state index in [1.807, 2.05) is 0 Å². The molecule has 0 amide bonds. The minimum absolute atomic E-state index is 0.631. The van der Waals surface area contributed by atoms with Crippen LogP contribution in [0.1, 0.15) is 52.4 Å². The first-order valence-corrected chi connectivity index (χ1v) is 7.71. The molecule has 1 N–H and O–H groups in total. The summed E-state index contributed by atoms with van der Waals surface area (Å²) >= 11 is 0. The van der Waals surface area contributed by atoms with Gasteiger partial charge in [-0.3, -0.25) is 0 Å². The molecule has 2 fully saturated rings. The normalized spacial score (nSPS) is 29.6. The van der Waals surface area contributed by atoms with Gasteiger partial charge in [-0.15, -0.1) is 0 Å². The van der Waals surface area contributed by atoms with Crippen LogP contribution in [-0.4, -0.2) is 37.6 Å². The number of likely N-dealkylation sites (tertiary alicyclic amines) is 1. The molecular formula is C15H30N2. The van der Waals surface area contributed by atoms with Crippen LogP contribution < -0.4 is 5.32 Å². The number of hydrogen-bond donors (Lipinski definition) is 1. The lowest BCUT2D eigenvalue weighted by Crippen LogP contribution is -2.43. The van der Waals surface area contributed by atoms with Crippen LogP contribution in [0, 0.1) is 11.3 Å². The summed E-state index contributed by atoms with van der Waals surface area (Å²) in [5, 5.41) is 3.51. The van der Waals surface area contributed by atoms with E-state index in [0.717, 1.165) is 5.92 Å². The molecular weight excluding hydrogens is 208 g/mol. The highest BCUT2D eigenvalue weighted by Gasteiger charge is 2.34. The van der Waals surface area contributed by atoms with E-state index in [1.165, 1.54) is 71.2 Å². The fourth-order valence-corrected chi connectivity index (χ4v) is 3.76. The molecule has 0 bridgehead atoms. The molecule has 2 nitrogen and oxygen atoms in total. The summed E-state index contributed by atoms with van der Waals surface area (Å²) < 4.78 is 0. The van der Waals surface area contributed by atoms with Gasteiger partial charge in [-0.2, -0.15) is 0 Å². The second-order valence-electron chi connectivity index (χ2n) is 6.28. The lowest BCUT2D eigenvalue weighted by molar-refractivity contribution is 0.119. The maximum Gasteiger partial charge on any atom is 0.00389 e. The van der Waals surface area contributed by atoms with Crippen LogP contribution in [0.4, 0.5) is 0 Å². The lowest BCUT2D eigenvalue weighted by atomic mass is 9.76. The molecule has 2 heterocycles. The van der Waals surface area contributed by atoms with E-state index in [-0.39, 0.29) is 0 Å². The second kappa shape index (κ2) is 6.19. The summed E-state index contributed by atoms with van der Waals surface area (Å²) in [7, 11) is 0. The summed E-state index contributed by atoms with van der Waals surface area (Å²) in [4.78, 5) is 2.76. The van der Waals surface area contributed by atoms with Crippen molar-refractivity contribution >= 4 is 0 Å². The van der Waals surface area contributed by atoms with Crippen molar-refractivity contribution in [2.75, 3.05) is 32.7 Å². The highest BCUT2D eigenvalue weighted by molar-refractivity contribution is 4.88. The van der Waals surface area contributed by atoms with Gasteiger partial charge in [0.1, 0.15) is 0 Å². The standard InChI is InChI=1S/C15H30N2/c1-3-5-14-6-11-17(12-14)13-15(4-2)7-9-16-10-8-15/h14,16H,3-13H2,1-2H3. The monoisotopic (exact) mass is 238 g/mol. The molecule has 0 aromatic heterocycles. The summed E-state index contributed by atoms with van der Waals surface area (Å²) in [6, 6.07) is 0. The Morgan fingerprint density at radius 3 is 2.65 bits per heavy atom. The maximum atomic E-state index is 3.51. The molecule has 0 aromatic rings. The molecule has 2 rings (SSSR count). The van der Waals surface area contributed by atoms with Gasteiger partial charge in [0.2, 0.25) is 0 Å². The summed E-state index contributed by atoms with van der Waals surface area (Å²) in [6.45, 7) is 11.3. The third-order valence-corrected chi connectivity index (χ3v) is 5.04. The molecule has 2 heteroatoms. The average molecular weight is 238 g/mol. The number of hydrogen-bond acceptors (Lipinski definition) is 2. The summed E-state index contributed by atoms with van der Waals surface area (Å²) in [5.74, 6) is 0.996. The zero-order valence-electron chi connectivity index (χ0n) is 11.8. The zero-order valence-corrected chi connectivity index (χ0v) is 11.8. The topological polar surface area (TPSA) is 15.3 Å². The Kier molecular flexibility index (Phi) is 4.87. The Balaban J connectivity index is 1.83. The predicted octanol–water partition coefficient (Wildman–Crippen LogP) is 2.89. The van der Waals surface area contributed by atoms with Crippen LogP contribution in [0.15, 0.2) is 0 Å². The van der Waals surface area contributed by atoms with E-state index >= 15 is 0 Å². The third-order valence-electron chi connectivity index (χ3n) is 5.04. The fourth-order valence-electron chi connectivity index (χ4n) is 3.76. The first kappa shape index (κ1) is 13.4. The minimum atomic E-state index is 0.631. The van der Waals surface area contributed by atoms with Crippen molar-refractivity contribution in [3.05, 3.63) is 0 Å². The van der Waals surface area contributed by atoms with Crippen molar-refractivity contribution in [1.29, 1.82) is 0 Å². The lowest BCUT2D eigenvalue weighted by Gasteiger charge is -2.40. The molecule has 0 aliphatic carbocycles. The largest absolute Gasteiger partial charge is 0.317 e. The van der Waals surface area contributed by atoms with Gasteiger partial charge in [0, 0.05) is 13.1 Å². The zero-order chi connectivity index (χ0) is 12.1. The summed E-state index contributed by atoms with van der Waals surface area (Å²) in [6.07, 6.45) is 8.39. The molecule has 0 radical (unpaired) electrons. The van der Waals surface area contributed by atoms with Crippen LogP contribution in [0.5, 0.6) is 0 Å². The maximum absolute atomic E-state index is 3.51. The van der Waals surface area contributed by atoms with Gasteiger partial charge in [-0.1, -0.05) is 20.3 Å².